The SMILES string of the molecule is CCCCCCCC/C=C/C[C@H](OC(C)=O)[C@H](C)NC(C)=O. The predicted octanol–water partition coefficient (Wildman–Crippen LogP) is 4.14. The van der Waals surface area contributed by atoms with Crippen LogP contribution in [0, 0.1) is 0 Å². The molecule has 22 heavy (non-hydrogen) atoms. The van der Waals surface area contributed by atoms with Crippen molar-refractivity contribution in [1.82, 2.24) is 5.32 Å². The van der Waals surface area contributed by atoms with E-state index in [4.69, 9.17) is 4.74 Å². The molecule has 0 saturated carbocycles. The molecule has 0 aliphatic carbocycles. The van der Waals surface area contributed by atoms with Gasteiger partial charge in [-0.15, -0.1) is 0 Å². The van der Waals surface area contributed by atoms with Crippen LogP contribution >= 0.6 is 0 Å². The van der Waals surface area contributed by atoms with Crippen molar-refractivity contribution in [1.29, 1.82) is 0 Å². The van der Waals surface area contributed by atoms with Crippen molar-refractivity contribution in [2.45, 2.75) is 91.2 Å². The first-order valence-electron chi connectivity index (χ1n) is 8.56. The zero-order valence-electron chi connectivity index (χ0n) is 14.7. The fourth-order valence-corrected chi connectivity index (χ4v) is 2.37. The van der Waals surface area contributed by atoms with Crippen LogP contribution in [0.1, 0.15) is 79.1 Å². The molecule has 0 heterocycles. The summed E-state index contributed by atoms with van der Waals surface area (Å²) in [5.41, 5.74) is 0. The van der Waals surface area contributed by atoms with E-state index in [-0.39, 0.29) is 24.0 Å². The number of carbonyl (C=O) groups is 2. The van der Waals surface area contributed by atoms with E-state index in [9.17, 15) is 9.59 Å². The fraction of sp³-hybridized carbons (Fsp3) is 0.778. The first kappa shape index (κ1) is 20.7. The van der Waals surface area contributed by atoms with Gasteiger partial charge in [-0.25, -0.2) is 0 Å². The molecule has 0 unspecified atom stereocenters. The number of ether oxygens (including phenoxy) is 1. The summed E-state index contributed by atoms with van der Waals surface area (Å²) in [6.45, 7) is 6.95. The molecule has 1 amide bonds. The molecule has 2 atom stereocenters. The lowest BCUT2D eigenvalue weighted by atomic mass is 10.1. The van der Waals surface area contributed by atoms with Gasteiger partial charge in [0.1, 0.15) is 6.10 Å². The molecule has 1 N–H and O–H groups in total. The maximum absolute atomic E-state index is 11.1. The third kappa shape index (κ3) is 12.4. The molecule has 0 radical (unpaired) electrons. The van der Waals surface area contributed by atoms with Gasteiger partial charge in [0.05, 0.1) is 6.04 Å². The second kappa shape index (κ2) is 13.4. The van der Waals surface area contributed by atoms with Crippen molar-refractivity contribution >= 4 is 11.9 Å². The standard InChI is InChI=1S/C18H33NO3/c1-5-6-7-8-9-10-11-12-13-14-18(22-17(4)21)15(2)19-16(3)20/h12-13,15,18H,5-11,14H2,1-4H3,(H,19,20)/b13-12+/t15-,18-/m0/s1. The van der Waals surface area contributed by atoms with Gasteiger partial charge in [0.25, 0.3) is 0 Å². The van der Waals surface area contributed by atoms with Crippen molar-refractivity contribution in [3.8, 4) is 0 Å². The molecule has 0 saturated heterocycles. The molecule has 0 fully saturated rings. The highest BCUT2D eigenvalue weighted by molar-refractivity contribution is 5.73. The first-order valence-corrected chi connectivity index (χ1v) is 8.56. The highest BCUT2D eigenvalue weighted by atomic mass is 16.5. The number of amides is 1. The third-order valence-corrected chi connectivity index (χ3v) is 3.57. The summed E-state index contributed by atoms with van der Waals surface area (Å²) in [7, 11) is 0. The van der Waals surface area contributed by atoms with Crippen LogP contribution in [-0.4, -0.2) is 24.0 Å². The average Bonchev–Trinajstić information content (AvgIpc) is 2.43. The van der Waals surface area contributed by atoms with Gasteiger partial charge in [-0.05, 0) is 19.8 Å². The van der Waals surface area contributed by atoms with Gasteiger partial charge in [-0.1, -0.05) is 51.2 Å². The number of carbonyl (C=O) groups excluding carboxylic acids is 2. The maximum Gasteiger partial charge on any atom is 0.302 e. The topological polar surface area (TPSA) is 55.4 Å². The highest BCUT2D eigenvalue weighted by Gasteiger charge is 2.19. The largest absolute Gasteiger partial charge is 0.460 e. The van der Waals surface area contributed by atoms with Gasteiger partial charge in [-0.3, -0.25) is 9.59 Å². The van der Waals surface area contributed by atoms with E-state index >= 15 is 0 Å². The van der Waals surface area contributed by atoms with E-state index in [1.807, 2.05) is 6.92 Å². The zero-order valence-corrected chi connectivity index (χ0v) is 14.7. The van der Waals surface area contributed by atoms with Crippen molar-refractivity contribution in [2.75, 3.05) is 0 Å². The Morgan fingerprint density at radius 2 is 1.68 bits per heavy atom. The Morgan fingerprint density at radius 3 is 2.27 bits per heavy atom. The van der Waals surface area contributed by atoms with Gasteiger partial charge < -0.3 is 10.1 Å². The summed E-state index contributed by atoms with van der Waals surface area (Å²) >= 11 is 0. The molecule has 128 valence electrons. The summed E-state index contributed by atoms with van der Waals surface area (Å²) < 4.78 is 5.28. The molecule has 0 bridgehead atoms. The Morgan fingerprint density at radius 1 is 1.05 bits per heavy atom. The lowest BCUT2D eigenvalue weighted by Crippen LogP contribution is -2.41. The molecule has 0 aromatic heterocycles. The molecule has 0 aromatic rings. The minimum Gasteiger partial charge on any atom is -0.460 e. The lowest BCUT2D eigenvalue weighted by molar-refractivity contribution is -0.148. The van der Waals surface area contributed by atoms with E-state index in [1.54, 1.807) is 0 Å². The Labute approximate surface area is 135 Å². The number of allylic oxidation sites excluding steroid dienone is 1. The van der Waals surface area contributed by atoms with Crippen LogP contribution in [0.2, 0.25) is 0 Å². The number of esters is 1. The molecule has 0 rings (SSSR count). The van der Waals surface area contributed by atoms with Crippen LogP contribution in [0.3, 0.4) is 0 Å². The second-order valence-electron chi connectivity index (χ2n) is 5.90. The van der Waals surface area contributed by atoms with Gasteiger partial charge in [0, 0.05) is 20.3 Å². The van der Waals surface area contributed by atoms with E-state index in [0.717, 1.165) is 6.42 Å². The Kier molecular flexibility index (Phi) is 12.5. The zero-order chi connectivity index (χ0) is 16.8. The molecule has 4 nitrogen and oxygen atoms in total. The number of hydrogen-bond donors (Lipinski definition) is 1. The van der Waals surface area contributed by atoms with Crippen LogP contribution in [0.25, 0.3) is 0 Å². The lowest BCUT2D eigenvalue weighted by Gasteiger charge is -2.23. The second-order valence-corrected chi connectivity index (χ2v) is 5.90. The highest BCUT2D eigenvalue weighted by Crippen LogP contribution is 2.10. The summed E-state index contributed by atoms with van der Waals surface area (Å²) in [6, 6.07) is -0.180. The predicted molar refractivity (Wildman–Crippen MR) is 90.6 cm³/mol. The third-order valence-electron chi connectivity index (χ3n) is 3.57. The Bertz CT molecular complexity index is 339. The molecular weight excluding hydrogens is 278 g/mol. The fourth-order valence-electron chi connectivity index (χ4n) is 2.37. The van der Waals surface area contributed by atoms with E-state index in [0.29, 0.717) is 6.42 Å². The smallest absolute Gasteiger partial charge is 0.302 e. The van der Waals surface area contributed by atoms with Crippen molar-refractivity contribution < 1.29 is 14.3 Å². The van der Waals surface area contributed by atoms with Crippen LogP contribution in [0.15, 0.2) is 12.2 Å². The minimum atomic E-state index is -0.313. The summed E-state index contributed by atoms with van der Waals surface area (Å²) in [5.74, 6) is -0.424. The molecule has 0 aromatic carbocycles. The summed E-state index contributed by atoms with van der Waals surface area (Å²) in [5, 5.41) is 2.78. The van der Waals surface area contributed by atoms with Crippen molar-refractivity contribution in [3.05, 3.63) is 12.2 Å². The van der Waals surface area contributed by atoms with Crippen molar-refractivity contribution in [2.24, 2.45) is 0 Å². The monoisotopic (exact) mass is 311 g/mol. The number of hydrogen-bond acceptors (Lipinski definition) is 3. The summed E-state index contributed by atoms with van der Waals surface area (Å²) in [4.78, 5) is 22.2. The van der Waals surface area contributed by atoms with Crippen molar-refractivity contribution in [3.63, 3.8) is 0 Å². The molecule has 0 aliphatic rings. The van der Waals surface area contributed by atoms with Crippen LogP contribution in [0.5, 0.6) is 0 Å². The van der Waals surface area contributed by atoms with Crippen LogP contribution in [0.4, 0.5) is 0 Å². The number of nitrogens with one attached hydrogen (secondary N) is 1. The van der Waals surface area contributed by atoms with Crippen LogP contribution < -0.4 is 5.32 Å². The Balaban J connectivity index is 3.98. The van der Waals surface area contributed by atoms with E-state index < -0.39 is 0 Å². The van der Waals surface area contributed by atoms with Gasteiger partial charge in [0.15, 0.2) is 0 Å². The number of rotatable bonds is 12. The quantitative estimate of drug-likeness (QED) is 0.335. The molecule has 0 aliphatic heterocycles. The first-order chi connectivity index (χ1) is 10.5. The molecule has 4 heteroatoms. The normalized spacial score (nSPS) is 13.8. The number of unbranched alkanes of at least 4 members (excludes halogenated alkanes) is 6. The maximum atomic E-state index is 11.1. The van der Waals surface area contributed by atoms with Gasteiger partial charge in [-0.2, -0.15) is 0 Å². The molecule has 0 spiro atoms. The molecular formula is C18H33NO3. The van der Waals surface area contributed by atoms with Gasteiger partial charge >= 0.3 is 5.97 Å². The van der Waals surface area contributed by atoms with E-state index in [2.05, 4.69) is 24.4 Å². The summed E-state index contributed by atoms with van der Waals surface area (Å²) in [6.07, 6.45) is 13.4. The average molecular weight is 311 g/mol. The minimum absolute atomic E-state index is 0.110. The van der Waals surface area contributed by atoms with Gasteiger partial charge in [0.2, 0.25) is 5.91 Å². The Hall–Kier alpha value is -1.32. The van der Waals surface area contributed by atoms with E-state index in [1.165, 1.54) is 52.4 Å². The van der Waals surface area contributed by atoms with Crippen LogP contribution in [-0.2, 0) is 14.3 Å².